The number of nitrogens with zero attached hydrogens (tertiary/aromatic N) is 1. The lowest BCUT2D eigenvalue weighted by atomic mass is 9.93. The molecule has 0 aliphatic carbocycles. The highest BCUT2D eigenvalue weighted by Crippen LogP contribution is 2.20. The van der Waals surface area contributed by atoms with Crippen LogP contribution in [-0.2, 0) is 4.79 Å². The molecule has 2 rings (SSSR count). The maximum Gasteiger partial charge on any atom is 0.217 e. The number of carbonyl (C=O) groups excluding carboxylic acids is 2. The van der Waals surface area contributed by atoms with Crippen molar-refractivity contribution in [3.63, 3.8) is 0 Å². The lowest BCUT2D eigenvalue weighted by molar-refractivity contribution is -0.119. The van der Waals surface area contributed by atoms with E-state index >= 15 is 0 Å². The number of primary amides is 1. The van der Waals surface area contributed by atoms with Gasteiger partial charge in [-0.2, -0.15) is 0 Å². The summed E-state index contributed by atoms with van der Waals surface area (Å²) < 4.78 is 0. The van der Waals surface area contributed by atoms with E-state index in [0.29, 0.717) is 18.9 Å². The largest absolute Gasteiger partial charge is 0.370 e. The van der Waals surface area contributed by atoms with Crippen LogP contribution in [-0.4, -0.2) is 36.2 Å². The fourth-order valence-corrected chi connectivity index (χ4v) is 2.81. The number of hydrogen-bond donors (Lipinski definition) is 1. The molecule has 0 atom stereocenters. The number of likely N-dealkylation sites (tertiary alicyclic amines) is 1. The van der Waals surface area contributed by atoms with Gasteiger partial charge in [0.05, 0.1) is 6.54 Å². The summed E-state index contributed by atoms with van der Waals surface area (Å²) in [5.41, 5.74) is 7.07. The molecule has 108 valence electrons. The number of ketones is 1. The first-order valence-electron chi connectivity index (χ1n) is 7.15. The molecule has 4 nitrogen and oxygen atoms in total. The van der Waals surface area contributed by atoms with E-state index in [4.69, 9.17) is 5.73 Å². The number of piperidine rings is 1. The van der Waals surface area contributed by atoms with Crippen LogP contribution in [0.1, 0.15) is 35.2 Å². The summed E-state index contributed by atoms with van der Waals surface area (Å²) in [6.07, 6.45) is 2.37. The van der Waals surface area contributed by atoms with Gasteiger partial charge in [-0.15, -0.1) is 0 Å². The van der Waals surface area contributed by atoms with Crippen LogP contribution in [0.25, 0.3) is 0 Å². The third-order valence-corrected chi connectivity index (χ3v) is 4.01. The third kappa shape index (κ3) is 3.90. The van der Waals surface area contributed by atoms with Crippen LogP contribution in [0.3, 0.4) is 0 Å². The van der Waals surface area contributed by atoms with Crippen molar-refractivity contribution >= 4 is 11.7 Å². The summed E-state index contributed by atoms with van der Waals surface area (Å²) in [4.78, 5) is 25.4. The number of amides is 1. The second-order valence-electron chi connectivity index (χ2n) is 5.63. The van der Waals surface area contributed by atoms with Crippen LogP contribution >= 0.6 is 0 Å². The van der Waals surface area contributed by atoms with Crippen LogP contribution < -0.4 is 5.73 Å². The fourth-order valence-electron chi connectivity index (χ4n) is 2.81. The summed E-state index contributed by atoms with van der Waals surface area (Å²) in [5, 5.41) is 0. The van der Waals surface area contributed by atoms with Crippen LogP contribution in [0, 0.1) is 12.8 Å². The van der Waals surface area contributed by atoms with Crippen molar-refractivity contribution in [1.29, 1.82) is 0 Å². The normalized spacial score (nSPS) is 17.1. The second kappa shape index (κ2) is 6.66. The first-order valence-corrected chi connectivity index (χ1v) is 7.15. The van der Waals surface area contributed by atoms with Crippen molar-refractivity contribution in [2.24, 2.45) is 11.7 Å². The third-order valence-electron chi connectivity index (χ3n) is 4.01. The van der Waals surface area contributed by atoms with Crippen LogP contribution in [0.15, 0.2) is 24.3 Å². The maximum absolute atomic E-state index is 12.3. The highest BCUT2D eigenvalue weighted by Gasteiger charge is 2.22. The highest BCUT2D eigenvalue weighted by atomic mass is 16.1. The van der Waals surface area contributed by atoms with Gasteiger partial charge in [-0.1, -0.05) is 24.3 Å². The molecule has 0 unspecified atom stereocenters. The molecule has 1 aliphatic rings. The Labute approximate surface area is 119 Å². The Hall–Kier alpha value is -1.68. The lowest BCUT2D eigenvalue weighted by Crippen LogP contribution is -2.38. The van der Waals surface area contributed by atoms with Crippen molar-refractivity contribution < 1.29 is 9.59 Å². The number of benzene rings is 1. The van der Waals surface area contributed by atoms with E-state index in [2.05, 4.69) is 4.90 Å². The zero-order chi connectivity index (χ0) is 14.5. The average Bonchev–Trinajstić information content (AvgIpc) is 2.41. The predicted molar refractivity (Wildman–Crippen MR) is 78.5 cm³/mol. The van der Waals surface area contributed by atoms with E-state index in [9.17, 15) is 9.59 Å². The number of carbonyl (C=O) groups is 2. The van der Waals surface area contributed by atoms with Crippen LogP contribution in [0.2, 0.25) is 0 Å². The zero-order valence-electron chi connectivity index (χ0n) is 12.0. The van der Waals surface area contributed by atoms with Gasteiger partial charge in [-0.05, 0) is 44.3 Å². The predicted octanol–water partition coefficient (Wildman–Crippen LogP) is 1.77. The maximum atomic E-state index is 12.3. The average molecular weight is 274 g/mol. The molecular formula is C16H22N2O2. The van der Waals surface area contributed by atoms with Crippen molar-refractivity contribution in [3.8, 4) is 0 Å². The van der Waals surface area contributed by atoms with E-state index in [1.165, 1.54) is 0 Å². The van der Waals surface area contributed by atoms with Gasteiger partial charge >= 0.3 is 0 Å². The summed E-state index contributed by atoms with van der Waals surface area (Å²) in [7, 11) is 0. The Kier molecular flexibility index (Phi) is 4.90. The minimum atomic E-state index is -0.223. The number of nitrogens with two attached hydrogens (primary N) is 1. The van der Waals surface area contributed by atoms with E-state index < -0.39 is 0 Å². The van der Waals surface area contributed by atoms with Crippen molar-refractivity contribution in [1.82, 2.24) is 4.90 Å². The monoisotopic (exact) mass is 274 g/mol. The van der Waals surface area contributed by atoms with Gasteiger partial charge in [0.15, 0.2) is 5.78 Å². The molecule has 0 radical (unpaired) electrons. The van der Waals surface area contributed by atoms with Gasteiger partial charge < -0.3 is 5.73 Å². The molecule has 0 bridgehead atoms. The number of rotatable bonds is 5. The summed E-state index contributed by atoms with van der Waals surface area (Å²) in [5.74, 6) is 0.341. The fraction of sp³-hybridized carbons (Fsp3) is 0.500. The molecule has 0 aromatic heterocycles. The first-order chi connectivity index (χ1) is 9.56. The van der Waals surface area contributed by atoms with E-state index in [-0.39, 0.29) is 11.7 Å². The molecule has 1 saturated heterocycles. The van der Waals surface area contributed by atoms with E-state index in [1.807, 2.05) is 31.2 Å². The summed E-state index contributed by atoms with van der Waals surface area (Å²) in [6, 6.07) is 7.70. The molecule has 1 amide bonds. The molecular weight excluding hydrogens is 252 g/mol. The van der Waals surface area contributed by atoms with Crippen molar-refractivity contribution in [2.75, 3.05) is 19.6 Å². The highest BCUT2D eigenvalue weighted by molar-refractivity contribution is 5.98. The van der Waals surface area contributed by atoms with Crippen molar-refractivity contribution in [2.45, 2.75) is 26.2 Å². The smallest absolute Gasteiger partial charge is 0.217 e. The van der Waals surface area contributed by atoms with Gasteiger partial charge in [0.1, 0.15) is 0 Å². The minimum Gasteiger partial charge on any atom is -0.370 e. The van der Waals surface area contributed by atoms with E-state index in [1.54, 1.807) is 0 Å². The van der Waals surface area contributed by atoms with E-state index in [0.717, 1.165) is 37.1 Å². The molecule has 1 aromatic rings. The Morgan fingerprint density at radius 1 is 1.25 bits per heavy atom. The Balaban J connectivity index is 1.85. The van der Waals surface area contributed by atoms with Crippen LogP contribution in [0.4, 0.5) is 0 Å². The zero-order valence-corrected chi connectivity index (χ0v) is 12.0. The number of aryl methyl sites for hydroxylation is 1. The van der Waals surface area contributed by atoms with Gasteiger partial charge in [0.2, 0.25) is 5.91 Å². The van der Waals surface area contributed by atoms with Gasteiger partial charge in [0.25, 0.3) is 0 Å². The standard InChI is InChI=1S/C16H22N2O2/c1-12-4-2-3-5-14(12)15(19)11-18-8-6-13(7-9-18)10-16(17)20/h2-5,13H,6-11H2,1H3,(H2,17,20). The molecule has 20 heavy (non-hydrogen) atoms. The number of Topliss-reactive ketones (excluding diaryl/α,β-unsaturated/α-hetero) is 1. The minimum absolute atomic E-state index is 0.177. The molecule has 4 heteroatoms. The first kappa shape index (κ1) is 14.7. The second-order valence-corrected chi connectivity index (χ2v) is 5.63. The summed E-state index contributed by atoms with van der Waals surface area (Å²) in [6.45, 7) is 4.17. The Bertz CT molecular complexity index is 491. The molecule has 0 spiro atoms. The van der Waals surface area contributed by atoms with Gasteiger partial charge in [-0.25, -0.2) is 0 Å². The molecule has 1 aromatic carbocycles. The van der Waals surface area contributed by atoms with Gasteiger partial charge in [-0.3, -0.25) is 14.5 Å². The molecule has 1 aliphatic heterocycles. The molecule has 1 fully saturated rings. The van der Waals surface area contributed by atoms with Crippen LogP contribution in [0.5, 0.6) is 0 Å². The topological polar surface area (TPSA) is 63.4 Å². The number of hydrogen-bond acceptors (Lipinski definition) is 3. The summed E-state index contributed by atoms with van der Waals surface area (Å²) >= 11 is 0. The Morgan fingerprint density at radius 3 is 2.50 bits per heavy atom. The molecule has 1 heterocycles. The Morgan fingerprint density at radius 2 is 1.90 bits per heavy atom. The molecule has 0 saturated carbocycles. The van der Waals surface area contributed by atoms with Gasteiger partial charge in [0, 0.05) is 12.0 Å². The SMILES string of the molecule is Cc1ccccc1C(=O)CN1CCC(CC(N)=O)CC1. The quantitative estimate of drug-likeness (QED) is 0.832. The van der Waals surface area contributed by atoms with Crippen molar-refractivity contribution in [3.05, 3.63) is 35.4 Å². The lowest BCUT2D eigenvalue weighted by Gasteiger charge is -2.31. The molecule has 2 N–H and O–H groups in total.